The number of nitrogens with zero attached hydrogens (tertiary/aromatic N) is 1. The zero-order valence-electron chi connectivity index (χ0n) is 11.3. The zero-order valence-corrected chi connectivity index (χ0v) is 12.2. The summed E-state index contributed by atoms with van der Waals surface area (Å²) in [7, 11) is -3.06. The molecular weight excluding hydrogens is 293 g/mol. The van der Waals surface area contributed by atoms with Crippen LogP contribution in [0.25, 0.3) is 10.9 Å². The minimum absolute atomic E-state index is 0.189. The minimum atomic E-state index is -3.06. The zero-order chi connectivity index (χ0) is 15.0. The Labute approximate surface area is 122 Å². The van der Waals surface area contributed by atoms with Gasteiger partial charge in [0.1, 0.15) is 0 Å². The molecule has 3 rings (SSSR count). The van der Waals surface area contributed by atoms with Gasteiger partial charge in [-0.1, -0.05) is 0 Å². The summed E-state index contributed by atoms with van der Waals surface area (Å²) < 4.78 is 37.7. The average molecular weight is 309 g/mol. The molecule has 1 aliphatic rings. The number of nitrogen functional groups attached to an aromatic ring is 1. The van der Waals surface area contributed by atoms with Crippen molar-refractivity contribution in [1.29, 1.82) is 0 Å². The van der Waals surface area contributed by atoms with E-state index >= 15 is 0 Å². The van der Waals surface area contributed by atoms with Crippen molar-refractivity contribution in [3.63, 3.8) is 0 Å². The molecule has 7 heteroatoms. The molecule has 0 radical (unpaired) electrons. The molecule has 1 aromatic carbocycles. The number of fused-ring (bicyclic) bond motifs is 1. The topological polar surface area (TPSA) is 85.1 Å². The van der Waals surface area contributed by atoms with Gasteiger partial charge in [-0.2, -0.15) is 0 Å². The van der Waals surface area contributed by atoms with Crippen LogP contribution >= 0.6 is 0 Å². The molecule has 0 amide bonds. The van der Waals surface area contributed by atoms with Crippen molar-refractivity contribution in [2.75, 3.05) is 23.3 Å². The van der Waals surface area contributed by atoms with Gasteiger partial charge in [-0.05, 0) is 31.0 Å². The molecule has 1 atom stereocenters. The Bertz CT molecular complexity index is 792. The lowest BCUT2D eigenvalue weighted by atomic mass is 10.1. The van der Waals surface area contributed by atoms with E-state index in [4.69, 9.17) is 5.73 Å². The van der Waals surface area contributed by atoms with Gasteiger partial charge in [0.2, 0.25) is 0 Å². The Hall–Kier alpha value is -1.89. The van der Waals surface area contributed by atoms with Gasteiger partial charge >= 0.3 is 0 Å². The van der Waals surface area contributed by atoms with Crippen LogP contribution in [0.4, 0.5) is 15.8 Å². The summed E-state index contributed by atoms with van der Waals surface area (Å²) in [6, 6.07) is 4.71. The first kappa shape index (κ1) is 14.1. The van der Waals surface area contributed by atoms with Crippen molar-refractivity contribution < 1.29 is 12.8 Å². The number of rotatable bonds is 3. The van der Waals surface area contributed by atoms with Crippen LogP contribution in [0.1, 0.15) is 12.8 Å². The number of benzene rings is 1. The van der Waals surface area contributed by atoms with Crippen molar-refractivity contribution in [2.24, 2.45) is 0 Å². The highest BCUT2D eigenvalue weighted by Crippen LogP contribution is 2.30. The van der Waals surface area contributed by atoms with E-state index in [1.165, 1.54) is 6.07 Å². The lowest BCUT2D eigenvalue weighted by molar-refractivity contribution is 0.590. The molecule has 21 heavy (non-hydrogen) atoms. The van der Waals surface area contributed by atoms with Crippen LogP contribution in [0, 0.1) is 5.82 Å². The van der Waals surface area contributed by atoms with Crippen LogP contribution in [0.5, 0.6) is 0 Å². The molecule has 3 N–H and O–H groups in total. The fourth-order valence-electron chi connectivity index (χ4n) is 2.71. The van der Waals surface area contributed by atoms with E-state index in [1.54, 1.807) is 18.3 Å². The number of halogens is 1. The molecule has 1 unspecified atom stereocenters. The molecule has 1 saturated heterocycles. The number of nitrogens with two attached hydrogens (primary N) is 1. The number of hydrogen-bond donors (Lipinski definition) is 2. The predicted octanol–water partition coefficient (Wildman–Crippen LogP) is 1.95. The van der Waals surface area contributed by atoms with Gasteiger partial charge in [0, 0.05) is 23.8 Å². The van der Waals surface area contributed by atoms with E-state index in [9.17, 15) is 12.8 Å². The highest BCUT2D eigenvalue weighted by molar-refractivity contribution is 7.92. The molecule has 0 aliphatic carbocycles. The second-order valence-corrected chi connectivity index (χ2v) is 7.63. The van der Waals surface area contributed by atoms with Crippen LogP contribution in [-0.4, -0.2) is 30.9 Å². The van der Waals surface area contributed by atoms with Crippen molar-refractivity contribution >= 4 is 32.1 Å². The summed E-state index contributed by atoms with van der Waals surface area (Å²) in [4.78, 5) is 4.15. The van der Waals surface area contributed by atoms with Gasteiger partial charge in [0.15, 0.2) is 15.7 Å². The number of nitrogens with one attached hydrogen (secondary N) is 1. The quantitative estimate of drug-likeness (QED) is 0.846. The Morgan fingerprint density at radius 3 is 3.00 bits per heavy atom. The number of anilines is 2. The van der Waals surface area contributed by atoms with E-state index in [1.807, 2.05) is 0 Å². The van der Waals surface area contributed by atoms with E-state index in [2.05, 4.69) is 10.3 Å². The smallest absolute Gasteiger partial charge is 0.154 e. The maximum atomic E-state index is 14.1. The molecule has 2 aromatic rings. The summed E-state index contributed by atoms with van der Waals surface area (Å²) >= 11 is 0. The first-order chi connectivity index (χ1) is 9.99. The van der Waals surface area contributed by atoms with Crippen molar-refractivity contribution in [3.05, 3.63) is 30.2 Å². The van der Waals surface area contributed by atoms with Gasteiger partial charge < -0.3 is 11.1 Å². The minimum Gasteiger partial charge on any atom is -0.398 e. The fourth-order valence-corrected chi connectivity index (χ4v) is 4.47. The summed E-state index contributed by atoms with van der Waals surface area (Å²) in [5.41, 5.74) is 6.73. The van der Waals surface area contributed by atoms with E-state index in [0.29, 0.717) is 29.4 Å². The van der Waals surface area contributed by atoms with Crippen LogP contribution in [-0.2, 0) is 9.84 Å². The summed E-state index contributed by atoms with van der Waals surface area (Å²) in [6.45, 7) is 0.189. The van der Waals surface area contributed by atoms with E-state index < -0.39 is 20.9 Å². The van der Waals surface area contributed by atoms with Crippen molar-refractivity contribution in [3.8, 4) is 0 Å². The average Bonchev–Trinajstić information content (AvgIpc) is 2.78. The van der Waals surface area contributed by atoms with Gasteiger partial charge in [-0.15, -0.1) is 0 Å². The van der Waals surface area contributed by atoms with E-state index in [-0.39, 0.29) is 18.0 Å². The Morgan fingerprint density at radius 1 is 1.48 bits per heavy atom. The molecule has 0 spiro atoms. The Morgan fingerprint density at radius 2 is 2.29 bits per heavy atom. The second-order valence-electron chi connectivity index (χ2n) is 5.23. The lowest BCUT2D eigenvalue weighted by Gasteiger charge is -2.15. The Balaban J connectivity index is 1.94. The first-order valence-electron chi connectivity index (χ1n) is 6.77. The molecule has 5 nitrogen and oxygen atoms in total. The number of sulfone groups is 1. The summed E-state index contributed by atoms with van der Waals surface area (Å²) in [5, 5.41) is 3.09. The highest BCUT2D eigenvalue weighted by Gasteiger charge is 2.31. The van der Waals surface area contributed by atoms with Crippen molar-refractivity contribution in [2.45, 2.75) is 18.1 Å². The summed E-state index contributed by atoms with van der Waals surface area (Å²) in [5.74, 6) is -0.308. The lowest BCUT2D eigenvalue weighted by Crippen LogP contribution is -2.25. The van der Waals surface area contributed by atoms with Gasteiger partial charge in [0.25, 0.3) is 0 Å². The first-order valence-corrected chi connectivity index (χ1v) is 8.49. The number of aromatic nitrogens is 1. The number of pyridine rings is 1. The predicted molar refractivity (Wildman–Crippen MR) is 81.4 cm³/mol. The molecule has 0 bridgehead atoms. The molecule has 1 aromatic heterocycles. The van der Waals surface area contributed by atoms with Gasteiger partial charge in [-0.25, -0.2) is 12.8 Å². The van der Waals surface area contributed by atoms with Crippen LogP contribution in [0.15, 0.2) is 24.4 Å². The molecular formula is C14H16FN3O2S. The SMILES string of the molecule is Nc1cc(F)c(NCC2CCCS2(=O)=O)c2ncccc12. The normalized spacial score (nSPS) is 20.7. The third kappa shape index (κ3) is 2.53. The standard InChI is InChI=1S/C14H16FN3O2S/c15-11-7-12(16)10-4-1-5-17-13(10)14(11)18-8-9-3-2-6-21(9,19)20/h1,4-5,7,9,18H,2-3,6,8,16H2. The third-order valence-corrected chi connectivity index (χ3v) is 6.12. The maximum absolute atomic E-state index is 14.1. The largest absolute Gasteiger partial charge is 0.398 e. The Kier molecular flexibility index (Phi) is 3.44. The molecule has 1 aliphatic heterocycles. The van der Waals surface area contributed by atoms with Gasteiger partial charge in [0.05, 0.1) is 22.2 Å². The molecule has 1 fully saturated rings. The monoisotopic (exact) mass is 309 g/mol. The van der Waals surface area contributed by atoms with Crippen LogP contribution in [0.2, 0.25) is 0 Å². The van der Waals surface area contributed by atoms with Crippen LogP contribution < -0.4 is 11.1 Å². The third-order valence-electron chi connectivity index (χ3n) is 3.85. The maximum Gasteiger partial charge on any atom is 0.154 e. The molecule has 2 heterocycles. The number of hydrogen-bond acceptors (Lipinski definition) is 5. The van der Waals surface area contributed by atoms with Crippen LogP contribution in [0.3, 0.4) is 0 Å². The molecule has 0 saturated carbocycles. The highest BCUT2D eigenvalue weighted by atomic mass is 32.2. The fraction of sp³-hybridized carbons (Fsp3) is 0.357. The molecule has 112 valence electrons. The van der Waals surface area contributed by atoms with Crippen molar-refractivity contribution in [1.82, 2.24) is 4.98 Å². The van der Waals surface area contributed by atoms with E-state index in [0.717, 1.165) is 0 Å². The van der Waals surface area contributed by atoms with Gasteiger partial charge in [-0.3, -0.25) is 4.98 Å². The second kappa shape index (κ2) is 5.14. The summed E-state index contributed by atoms with van der Waals surface area (Å²) in [6.07, 6.45) is 2.83.